The third kappa shape index (κ3) is 3.64. The molecule has 9 nitrogen and oxygen atoms in total. The van der Waals surface area contributed by atoms with Crippen molar-refractivity contribution in [1.29, 1.82) is 0 Å². The topological polar surface area (TPSA) is 116 Å². The summed E-state index contributed by atoms with van der Waals surface area (Å²) in [4.78, 5) is 31.7. The van der Waals surface area contributed by atoms with Crippen molar-refractivity contribution in [3.63, 3.8) is 0 Å². The summed E-state index contributed by atoms with van der Waals surface area (Å²) in [6.07, 6.45) is 6.67. The van der Waals surface area contributed by atoms with Gasteiger partial charge >= 0.3 is 11.9 Å². The number of hydrogen-bond donors (Lipinski definition) is 1. The molecule has 0 aliphatic heterocycles. The molecule has 0 spiro atoms. The smallest absolute Gasteiger partial charge is 0.400 e. The fourth-order valence-electron chi connectivity index (χ4n) is 3.42. The van der Waals surface area contributed by atoms with Crippen LogP contribution in [0.25, 0.3) is 11.0 Å². The van der Waals surface area contributed by atoms with Gasteiger partial charge in [-0.1, -0.05) is 31.4 Å². The molecule has 0 radical (unpaired) electrons. The number of rotatable bonds is 4. The summed E-state index contributed by atoms with van der Waals surface area (Å²) in [5.74, 6) is 0.0246. The highest BCUT2D eigenvalue weighted by molar-refractivity contribution is 5.93. The van der Waals surface area contributed by atoms with E-state index in [1.54, 1.807) is 12.1 Å². The SMILES string of the molecule is O=C(NC1CCCCC1)n1c(/N=C/c2ccc([N+](=O)[O-])o2)nc2ccccc21. The Labute approximate surface area is 160 Å². The zero-order valence-electron chi connectivity index (χ0n) is 15.1. The first-order chi connectivity index (χ1) is 13.6. The van der Waals surface area contributed by atoms with Crippen LogP contribution in [0.2, 0.25) is 0 Å². The number of nitrogens with zero attached hydrogens (tertiary/aromatic N) is 4. The molecule has 2 heterocycles. The number of benzene rings is 1. The summed E-state index contributed by atoms with van der Waals surface area (Å²) in [7, 11) is 0. The standard InChI is InChI=1S/C19H19N5O4/c25-19(21-13-6-2-1-3-7-13)23-16-9-5-4-8-15(16)22-18(23)20-12-14-10-11-17(28-14)24(26)27/h4-5,8-13H,1-3,6-7H2,(H,21,25)/b20-12+. The number of fused-ring (bicyclic) bond motifs is 1. The molecule has 144 valence electrons. The number of imidazole rings is 1. The number of amides is 1. The molecule has 9 heteroatoms. The van der Waals surface area contributed by atoms with E-state index in [0.717, 1.165) is 25.7 Å². The summed E-state index contributed by atoms with van der Waals surface area (Å²) in [6, 6.07) is 9.83. The van der Waals surface area contributed by atoms with Crippen molar-refractivity contribution in [1.82, 2.24) is 14.9 Å². The van der Waals surface area contributed by atoms with Crippen LogP contribution in [0, 0.1) is 10.1 Å². The first-order valence-corrected chi connectivity index (χ1v) is 9.18. The Morgan fingerprint density at radius 3 is 2.79 bits per heavy atom. The van der Waals surface area contributed by atoms with E-state index in [9.17, 15) is 14.9 Å². The van der Waals surface area contributed by atoms with E-state index in [2.05, 4.69) is 15.3 Å². The minimum absolute atomic E-state index is 0.145. The molecule has 1 aliphatic carbocycles. The third-order valence-corrected chi connectivity index (χ3v) is 4.78. The normalized spacial score (nSPS) is 15.3. The zero-order valence-corrected chi connectivity index (χ0v) is 15.1. The van der Waals surface area contributed by atoms with E-state index in [0.29, 0.717) is 11.0 Å². The van der Waals surface area contributed by atoms with Crippen molar-refractivity contribution in [2.45, 2.75) is 38.1 Å². The molecule has 1 N–H and O–H groups in total. The number of aromatic nitrogens is 2. The third-order valence-electron chi connectivity index (χ3n) is 4.78. The van der Waals surface area contributed by atoms with Crippen LogP contribution in [-0.4, -0.2) is 32.8 Å². The van der Waals surface area contributed by atoms with E-state index >= 15 is 0 Å². The quantitative estimate of drug-likeness (QED) is 0.413. The molecule has 1 aliphatic rings. The van der Waals surface area contributed by atoms with Gasteiger partial charge in [0.15, 0.2) is 5.76 Å². The molecule has 4 rings (SSSR count). The van der Waals surface area contributed by atoms with Crippen LogP contribution in [-0.2, 0) is 0 Å². The highest BCUT2D eigenvalue weighted by atomic mass is 16.6. The van der Waals surface area contributed by atoms with Crippen LogP contribution in [0.1, 0.15) is 37.9 Å². The maximum Gasteiger partial charge on any atom is 0.433 e. The van der Waals surface area contributed by atoms with E-state index < -0.39 is 4.92 Å². The van der Waals surface area contributed by atoms with Crippen LogP contribution in [0.4, 0.5) is 16.6 Å². The molecule has 2 aromatic heterocycles. The predicted octanol–water partition coefficient (Wildman–Crippen LogP) is 4.18. The van der Waals surface area contributed by atoms with Gasteiger partial charge in [0.1, 0.15) is 4.92 Å². The lowest BCUT2D eigenvalue weighted by atomic mass is 9.96. The Balaban J connectivity index is 1.65. The molecular weight excluding hydrogens is 362 g/mol. The predicted molar refractivity (Wildman–Crippen MR) is 103 cm³/mol. The molecule has 0 bridgehead atoms. The fourth-order valence-corrected chi connectivity index (χ4v) is 3.42. The van der Waals surface area contributed by atoms with Crippen LogP contribution in [0.3, 0.4) is 0 Å². The van der Waals surface area contributed by atoms with Gasteiger partial charge in [0.05, 0.1) is 23.3 Å². The highest BCUT2D eigenvalue weighted by Gasteiger charge is 2.21. The Morgan fingerprint density at radius 2 is 2.04 bits per heavy atom. The lowest BCUT2D eigenvalue weighted by Crippen LogP contribution is -2.38. The summed E-state index contributed by atoms with van der Waals surface area (Å²) in [6.45, 7) is 0. The maximum absolute atomic E-state index is 12.9. The number of aliphatic imine (C=N–C) groups is 1. The lowest BCUT2D eigenvalue weighted by molar-refractivity contribution is -0.402. The molecule has 0 atom stereocenters. The van der Waals surface area contributed by atoms with Gasteiger partial charge in [0, 0.05) is 6.04 Å². The molecule has 0 unspecified atom stereocenters. The van der Waals surface area contributed by atoms with E-state index in [1.807, 2.05) is 12.1 Å². The summed E-state index contributed by atoms with van der Waals surface area (Å²) in [5, 5.41) is 13.8. The first-order valence-electron chi connectivity index (χ1n) is 9.18. The molecule has 1 aromatic carbocycles. The van der Waals surface area contributed by atoms with E-state index in [-0.39, 0.29) is 29.7 Å². The zero-order chi connectivity index (χ0) is 19.5. The molecule has 28 heavy (non-hydrogen) atoms. The molecule has 1 fully saturated rings. The lowest BCUT2D eigenvalue weighted by Gasteiger charge is -2.23. The highest BCUT2D eigenvalue weighted by Crippen LogP contribution is 2.23. The van der Waals surface area contributed by atoms with Crippen molar-refractivity contribution >= 4 is 35.1 Å². The van der Waals surface area contributed by atoms with E-state index in [1.165, 1.54) is 29.3 Å². The van der Waals surface area contributed by atoms with Crippen LogP contribution in [0.5, 0.6) is 0 Å². The van der Waals surface area contributed by atoms with Gasteiger partial charge in [0.25, 0.3) is 0 Å². The van der Waals surface area contributed by atoms with E-state index in [4.69, 9.17) is 4.42 Å². The second-order valence-corrected chi connectivity index (χ2v) is 6.71. The van der Waals surface area contributed by atoms with Crippen molar-refractivity contribution in [3.05, 3.63) is 52.3 Å². The number of nitrogens with one attached hydrogen (secondary N) is 1. The molecule has 0 saturated heterocycles. The number of carbonyl (C=O) groups is 1. The van der Waals surface area contributed by atoms with Crippen LogP contribution < -0.4 is 5.32 Å². The molecule has 3 aromatic rings. The Bertz CT molecular complexity index is 1050. The first kappa shape index (κ1) is 17.9. The van der Waals surface area contributed by atoms with Crippen molar-refractivity contribution < 1.29 is 14.1 Å². The van der Waals surface area contributed by atoms with Gasteiger partial charge in [-0.3, -0.25) is 10.1 Å². The number of furan rings is 1. The summed E-state index contributed by atoms with van der Waals surface area (Å²) >= 11 is 0. The van der Waals surface area contributed by atoms with Gasteiger partial charge < -0.3 is 9.73 Å². The number of carbonyl (C=O) groups excluding carboxylic acids is 1. The second kappa shape index (κ2) is 7.63. The largest absolute Gasteiger partial charge is 0.433 e. The average molecular weight is 381 g/mol. The maximum atomic E-state index is 12.9. The van der Waals surface area contributed by atoms with Crippen molar-refractivity contribution in [2.24, 2.45) is 4.99 Å². The molecular formula is C19H19N5O4. The number of hydrogen-bond acceptors (Lipinski definition) is 6. The second-order valence-electron chi connectivity index (χ2n) is 6.71. The van der Waals surface area contributed by atoms with Crippen molar-refractivity contribution in [2.75, 3.05) is 0 Å². The average Bonchev–Trinajstić information content (AvgIpc) is 3.31. The van der Waals surface area contributed by atoms with Gasteiger partial charge in [-0.25, -0.2) is 19.3 Å². The minimum atomic E-state index is -0.621. The van der Waals surface area contributed by atoms with Gasteiger partial charge in [0.2, 0.25) is 5.95 Å². The summed E-state index contributed by atoms with van der Waals surface area (Å²) < 4.78 is 6.51. The van der Waals surface area contributed by atoms with Gasteiger partial charge in [-0.05, 0) is 31.0 Å². The van der Waals surface area contributed by atoms with Gasteiger partial charge in [-0.2, -0.15) is 0 Å². The summed E-state index contributed by atoms with van der Waals surface area (Å²) in [5.41, 5.74) is 1.28. The van der Waals surface area contributed by atoms with Crippen molar-refractivity contribution in [3.8, 4) is 0 Å². The monoisotopic (exact) mass is 381 g/mol. The Hall–Kier alpha value is -3.49. The Kier molecular flexibility index (Phi) is 4.88. The van der Waals surface area contributed by atoms with Gasteiger partial charge in [-0.15, -0.1) is 0 Å². The molecule has 1 saturated carbocycles. The van der Waals surface area contributed by atoms with Crippen LogP contribution >= 0.6 is 0 Å². The fraction of sp³-hybridized carbons (Fsp3) is 0.316. The number of para-hydroxylation sites is 2. The Morgan fingerprint density at radius 1 is 1.25 bits per heavy atom. The van der Waals surface area contributed by atoms with Crippen LogP contribution in [0.15, 0.2) is 45.8 Å². The number of nitro groups is 1. The minimum Gasteiger partial charge on any atom is -0.400 e. The molecule has 1 amide bonds.